The average molecular weight is 249 g/mol. The van der Waals surface area contributed by atoms with Gasteiger partial charge in [0.15, 0.2) is 5.82 Å². The molecule has 1 saturated carbocycles. The molecule has 0 spiro atoms. The molecular weight excluding hydrogens is 237 g/mol. The van der Waals surface area contributed by atoms with Crippen molar-refractivity contribution in [1.82, 2.24) is 15.2 Å². The third-order valence-electron chi connectivity index (χ3n) is 2.73. The van der Waals surface area contributed by atoms with Crippen molar-refractivity contribution in [2.45, 2.75) is 18.0 Å². The van der Waals surface area contributed by atoms with E-state index in [-0.39, 0.29) is 5.82 Å². The van der Waals surface area contributed by atoms with Crippen molar-refractivity contribution in [3.63, 3.8) is 0 Å². The smallest absolute Gasteiger partial charge is 0.208 e. The maximum atomic E-state index is 12.8. The molecule has 1 aromatic carbocycles. The van der Waals surface area contributed by atoms with Crippen molar-refractivity contribution in [2.75, 3.05) is 5.75 Å². The highest BCUT2D eigenvalue weighted by Crippen LogP contribution is 2.34. The first-order valence-electron chi connectivity index (χ1n) is 5.62. The standard InChI is InChI=1S/C12H12FN3S/c13-10-5-3-9(4-6-10)11-14-12(16-15-11)17-7-8-1-2-8/h3-6,8H,1-2,7H2,(H,14,15,16). The van der Waals surface area contributed by atoms with Crippen molar-refractivity contribution >= 4 is 11.8 Å². The number of aromatic amines is 1. The first-order chi connectivity index (χ1) is 8.31. The summed E-state index contributed by atoms with van der Waals surface area (Å²) < 4.78 is 12.8. The van der Waals surface area contributed by atoms with Crippen LogP contribution >= 0.6 is 11.8 Å². The lowest BCUT2D eigenvalue weighted by Crippen LogP contribution is -1.83. The van der Waals surface area contributed by atoms with Gasteiger partial charge in [-0.1, -0.05) is 11.8 Å². The zero-order valence-electron chi connectivity index (χ0n) is 9.19. The van der Waals surface area contributed by atoms with Gasteiger partial charge in [-0.05, 0) is 43.0 Å². The lowest BCUT2D eigenvalue weighted by atomic mass is 10.2. The van der Waals surface area contributed by atoms with E-state index in [0.717, 1.165) is 22.4 Å². The van der Waals surface area contributed by atoms with Crippen molar-refractivity contribution in [2.24, 2.45) is 5.92 Å². The molecule has 0 aliphatic heterocycles. The average Bonchev–Trinajstić information content (AvgIpc) is 3.06. The summed E-state index contributed by atoms with van der Waals surface area (Å²) >= 11 is 1.68. The second kappa shape index (κ2) is 4.49. The molecule has 0 bridgehead atoms. The van der Waals surface area contributed by atoms with Crippen LogP contribution in [0.4, 0.5) is 4.39 Å². The summed E-state index contributed by atoms with van der Waals surface area (Å²) in [5.74, 6) is 2.41. The van der Waals surface area contributed by atoms with Crippen LogP contribution in [0.5, 0.6) is 0 Å². The molecule has 0 atom stereocenters. The Labute approximate surface area is 103 Å². The quantitative estimate of drug-likeness (QED) is 0.846. The van der Waals surface area contributed by atoms with Crippen molar-refractivity contribution < 1.29 is 4.39 Å². The van der Waals surface area contributed by atoms with E-state index in [1.807, 2.05) is 0 Å². The monoisotopic (exact) mass is 249 g/mol. The fourth-order valence-electron chi connectivity index (χ4n) is 1.52. The van der Waals surface area contributed by atoms with Gasteiger partial charge < -0.3 is 0 Å². The zero-order valence-corrected chi connectivity index (χ0v) is 10.0. The topological polar surface area (TPSA) is 41.6 Å². The van der Waals surface area contributed by atoms with Crippen molar-refractivity contribution in [1.29, 1.82) is 0 Å². The van der Waals surface area contributed by atoms with Gasteiger partial charge in [0.1, 0.15) is 5.82 Å². The van der Waals surface area contributed by atoms with Gasteiger partial charge in [0, 0.05) is 11.3 Å². The maximum Gasteiger partial charge on any atom is 0.208 e. The summed E-state index contributed by atoms with van der Waals surface area (Å²) in [6.07, 6.45) is 2.67. The third kappa shape index (κ3) is 2.66. The van der Waals surface area contributed by atoms with Crippen LogP contribution in [0.25, 0.3) is 11.4 Å². The lowest BCUT2D eigenvalue weighted by Gasteiger charge is -1.94. The van der Waals surface area contributed by atoms with Crippen LogP contribution in [0.3, 0.4) is 0 Å². The molecule has 0 radical (unpaired) electrons. The van der Waals surface area contributed by atoms with E-state index < -0.39 is 0 Å². The Kier molecular flexibility index (Phi) is 2.84. The van der Waals surface area contributed by atoms with E-state index in [1.165, 1.54) is 25.0 Å². The number of benzene rings is 1. The lowest BCUT2D eigenvalue weighted by molar-refractivity contribution is 0.628. The normalized spacial score (nSPS) is 15.1. The highest BCUT2D eigenvalue weighted by molar-refractivity contribution is 7.99. The van der Waals surface area contributed by atoms with Crippen LogP contribution in [0.1, 0.15) is 12.8 Å². The Morgan fingerprint density at radius 2 is 2.06 bits per heavy atom. The molecule has 0 amide bonds. The van der Waals surface area contributed by atoms with Gasteiger partial charge in [0.05, 0.1) is 0 Å². The van der Waals surface area contributed by atoms with Gasteiger partial charge in [0.2, 0.25) is 5.16 Å². The Hall–Kier alpha value is -1.36. The first-order valence-corrected chi connectivity index (χ1v) is 6.61. The molecule has 1 aliphatic carbocycles. The predicted octanol–water partition coefficient (Wildman–Crippen LogP) is 3.11. The molecule has 1 aromatic heterocycles. The number of thioether (sulfide) groups is 1. The minimum Gasteiger partial charge on any atom is -0.258 e. The second-order valence-electron chi connectivity index (χ2n) is 4.23. The maximum absolute atomic E-state index is 12.8. The zero-order chi connectivity index (χ0) is 11.7. The van der Waals surface area contributed by atoms with Crippen LogP contribution in [0.15, 0.2) is 29.4 Å². The fourth-order valence-corrected chi connectivity index (χ4v) is 2.51. The molecule has 1 aliphatic rings. The number of hydrogen-bond acceptors (Lipinski definition) is 3. The molecule has 2 aromatic rings. The van der Waals surface area contributed by atoms with E-state index in [4.69, 9.17) is 0 Å². The van der Waals surface area contributed by atoms with E-state index >= 15 is 0 Å². The Bertz CT molecular complexity index is 505. The van der Waals surface area contributed by atoms with E-state index in [0.29, 0.717) is 5.82 Å². The molecular formula is C12H12FN3S. The highest BCUT2D eigenvalue weighted by Gasteiger charge is 2.22. The summed E-state index contributed by atoms with van der Waals surface area (Å²) in [6.45, 7) is 0. The molecule has 17 heavy (non-hydrogen) atoms. The first kappa shape index (κ1) is 10.8. The van der Waals surface area contributed by atoms with Gasteiger partial charge in [-0.3, -0.25) is 5.10 Å². The van der Waals surface area contributed by atoms with Crippen LogP contribution < -0.4 is 0 Å². The molecule has 1 N–H and O–H groups in total. The summed E-state index contributed by atoms with van der Waals surface area (Å²) in [5, 5.41) is 7.80. The molecule has 3 rings (SSSR count). The van der Waals surface area contributed by atoms with E-state index in [9.17, 15) is 4.39 Å². The van der Waals surface area contributed by atoms with E-state index in [2.05, 4.69) is 15.2 Å². The molecule has 1 fully saturated rings. The van der Waals surface area contributed by atoms with Crippen LogP contribution in [0.2, 0.25) is 0 Å². The van der Waals surface area contributed by atoms with Crippen molar-refractivity contribution in [3.8, 4) is 11.4 Å². The molecule has 5 heteroatoms. The van der Waals surface area contributed by atoms with Gasteiger partial charge in [-0.25, -0.2) is 9.37 Å². The minimum absolute atomic E-state index is 0.239. The number of hydrogen-bond donors (Lipinski definition) is 1. The van der Waals surface area contributed by atoms with E-state index in [1.54, 1.807) is 23.9 Å². The largest absolute Gasteiger partial charge is 0.258 e. The summed E-state index contributed by atoms with van der Waals surface area (Å²) in [6, 6.07) is 6.25. The SMILES string of the molecule is Fc1ccc(-c2nc(SCC3CC3)n[nH]2)cc1. The third-order valence-corrected chi connectivity index (χ3v) is 3.81. The van der Waals surface area contributed by atoms with Crippen LogP contribution in [-0.4, -0.2) is 20.9 Å². The molecule has 0 unspecified atom stereocenters. The van der Waals surface area contributed by atoms with Gasteiger partial charge in [-0.15, -0.1) is 5.10 Å². The number of halogens is 1. The Morgan fingerprint density at radius 3 is 2.76 bits per heavy atom. The number of H-pyrrole nitrogens is 1. The summed E-state index contributed by atoms with van der Waals surface area (Å²) in [5.41, 5.74) is 0.858. The number of nitrogens with one attached hydrogen (secondary N) is 1. The summed E-state index contributed by atoms with van der Waals surface area (Å²) in [7, 11) is 0. The van der Waals surface area contributed by atoms with Gasteiger partial charge >= 0.3 is 0 Å². The molecule has 1 heterocycles. The fraction of sp³-hybridized carbons (Fsp3) is 0.333. The second-order valence-corrected chi connectivity index (χ2v) is 5.22. The predicted molar refractivity (Wildman–Crippen MR) is 65.2 cm³/mol. The van der Waals surface area contributed by atoms with Gasteiger partial charge in [0.25, 0.3) is 0 Å². The number of rotatable bonds is 4. The molecule has 0 saturated heterocycles. The Morgan fingerprint density at radius 1 is 1.29 bits per heavy atom. The summed E-state index contributed by atoms with van der Waals surface area (Å²) in [4.78, 5) is 4.38. The highest BCUT2D eigenvalue weighted by atomic mass is 32.2. The van der Waals surface area contributed by atoms with Crippen LogP contribution in [-0.2, 0) is 0 Å². The van der Waals surface area contributed by atoms with Crippen LogP contribution in [0, 0.1) is 11.7 Å². The Balaban J connectivity index is 1.72. The molecule has 3 nitrogen and oxygen atoms in total. The number of aromatic nitrogens is 3. The van der Waals surface area contributed by atoms with Crippen molar-refractivity contribution in [3.05, 3.63) is 30.1 Å². The minimum atomic E-state index is -0.239. The molecule has 88 valence electrons. The number of nitrogens with zero attached hydrogens (tertiary/aromatic N) is 2. The van der Waals surface area contributed by atoms with Gasteiger partial charge in [-0.2, -0.15) is 0 Å².